The molecule has 4 nitrogen and oxygen atoms in total. The smallest absolute Gasteiger partial charge is 0.643 e. The van der Waals surface area contributed by atoms with E-state index >= 15 is 0 Å². The van der Waals surface area contributed by atoms with Crippen LogP contribution in [0.5, 0.6) is 0 Å². The number of carbonyl (C=O) groups excluding carboxylic acids is 2. The van der Waals surface area contributed by atoms with Gasteiger partial charge in [-0.05, 0) is 0 Å². The van der Waals surface area contributed by atoms with Crippen LogP contribution in [0, 0.1) is 0 Å². The molecule has 0 atom stereocenters. The molecular weight excluding hydrogens is 139 g/mol. The van der Waals surface area contributed by atoms with Crippen LogP contribution in [-0.4, -0.2) is 24.9 Å². The minimum Gasteiger partial charge on any atom is -0.643 e. The minimum atomic E-state index is -0.711. The van der Waals surface area contributed by atoms with Crippen molar-refractivity contribution in [3.05, 3.63) is 5.32 Å². The third-order valence-corrected chi connectivity index (χ3v) is 0.797. The Bertz CT molecular complexity index is 148. The van der Waals surface area contributed by atoms with Crippen molar-refractivity contribution in [1.29, 1.82) is 0 Å². The Labute approximate surface area is 78.3 Å². The van der Waals surface area contributed by atoms with Gasteiger partial charge in [-0.1, -0.05) is 13.8 Å². The second-order valence-corrected chi connectivity index (χ2v) is 2.11. The molecule has 0 aromatic heterocycles. The molecule has 58 valence electrons. The van der Waals surface area contributed by atoms with Gasteiger partial charge in [-0.2, -0.15) is 0 Å². The van der Waals surface area contributed by atoms with E-state index in [1.165, 1.54) is 7.05 Å². The Balaban J connectivity index is 0. The van der Waals surface area contributed by atoms with Crippen molar-refractivity contribution < 1.29 is 28.4 Å². The maximum atomic E-state index is 10.6. The maximum Gasteiger partial charge on any atom is 1.00 e. The van der Waals surface area contributed by atoms with E-state index in [-0.39, 0.29) is 24.9 Å². The molecule has 0 aromatic carbocycles. The fourth-order valence-corrected chi connectivity index (χ4v) is 0.400. The average Bonchev–Trinajstić information content (AvgIpc) is 1.85. The third kappa shape index (κ3) is 5.96. The molecule has 11 heavy (non-hydrogen) atoms. The number of nitrogens with one attached hydrogen (secondary N) is 1. The van der Waals surface area contributed by atoms with Crippen LogP contribution in [0.1, 0.15) is 13.8 Å². The van der Waals surface area contributed by atoms with Gasteiger partial charge in [0, 0.05) is 7.05 Å². The molecule has 0 unspecified atom stereocenters. The Morgan fingerprint density at radius 3 is 2.09 bits per heavy atom. The monoisotopic (exact) mass is 150 g/mol. The summed E-state index contributed by atoms with van der Waals surface area (Å²) in [4.78, 5) is 21.1. The predicted octanol–water partition coefficient (Wildman–Crippen LogP) is -2.95. The summed E-state index contributed by atoms with van der Waals surface area (Å²) in [6.07, 6.45) is 0. The Hall–Kier alpha value is -0.463. The maximum absolute atomic E-state index is 10.6. The van der Waals surface area contributed by atoms with Gasteiger partial charge in [-0.3, -0.25) is 4.79 Å². The molecule has 5 heteroatoms. The van der Waals surface area contributed by atoms with Crippen LogP contribution in [0.25, 0.3) is 5.32 Å². The number of likely N-dealkylation sites (N-methyl/N-ethyl adjacent to an activating group) is 1. The first-order valence-corrected chi connectivity index (χ1v) is 3.04. The number of carbonyl (C=O) groups is 2. The summed E-state index contributed by atoms with van der Waals surface area (Å²) < 4.78 is 0. The fourth-order valence-electron chi connectivity index (χ4n) is 0.400. The van der Waals surface area contributed by atoms with Gasteiger partial charge in [-0.25, -0.2) is 0 Å². The summed E-state index contributed by atoms with van der Waals surface area (Å²) in [7, 11) is 1.40. The summed E-state index contributed by atoms with van der Waals surface area (Å²) in [6.45, 7) is 3.47. The van der Waals surface area contributed by atoms with Gasteiger partial charge in [0.15, 0.2) is 0 Å². The van der Waals surface area contributed by atoms with Gasteiger partial charge in [0.1, 0.15) is 5.91 Å². The van der Waals surface area contributed by atoms with Crippen molar-refractivity contribution in [1.82, 2.24) is 5.32 Å². The molecule has 0 aliphatic heterocycles. The SMILES string of the molecule is CNC(=O)C(=O)[N-]C(C)C.[Li+]. The molecule has 1 N–H and O–H groups in total. The van der Waals surface area contributed by atoms with Crippen LogP contribution >= 0.6 is 0 Å². The quantitative estimate of drug-likeness (QED) is 0.321. The minimum absolute atomic E-state index is 0. The summed E-state index contributed by atoms with van der Waals surface area (Å²) >= 11 is 0. The van der Waals surface area contributed by atoms with Gasteiger partial charge < -0.3 is 15.4 Å². The summed E-state index contributed by atoms with van der Waals surface area (Å²) in [5.74, 6) is -1.37. The summed E-state index contributed by atoms with van der Waals surface area (Å²) in [5.41, 5.74) is 0. The Morgan fingerprint density at radius 2 is 1.82 bits per heavy atom. The average molecular weight is 150 g/mol. The number of hydrogen-bond acceptors (Lipinski definition) is 2. The van der Waals surface area contributed by atoms with Crippen LogP contribution in [0.15, 0.2) is 0 Å². The number of rotatable bonds is 1. The zero-order chi connectivity index (χ0) is 8.15. The number of hydrogen-bond donors (Lipinski definition) is 1. The molecule has 0 rings (SSSR count). The van der Waals surface area contributed by atoms with Crippen molar-refractivity contribution in [3.8, 4) is 0 Å². The first kappa shape index (κ1) is 13.2. The van der Waals surface area contributed by atoms with E-state index in [0.29, 0.717) is 0 Å². The van der Waals surface area contributed by atoms with E-state index in [0.717, 1.165) is 0 Å². The second-order valence-electron chi connectivity index (χ2n) is 2.11. The van der Waals surface area contributed by atoms with Crippen molar-refractivity contribution in [2.75, 3.05) is 7.05 Å². The van der Waals surface area contributed by atoms with E-state index in [4.69, 9.17) is 0 Å². The molecule has 0 spiro atoms. The number of amides is 2. The van der Waals surface area contributed by atoms with Crippen molar-refractivity contribution in [2.24, 2.45) is 0 Å². The Kier molecular flexibility index (Phi) is 7.48. The third-order valence-electron chi connectivity index (χ3n) is 0.797. The molecule has 0 aromatic rings. The zero-order valence-electron chi connectivity index (χ0n) is 7.34. The van der Waals surface area contributed by atoms with Crippen molar-refractivity contribution >= 4 is 11.8 Å². The van der Waals surface area contributed by atoms with Crippen LogP contribution in [0.2, 0.25) is 0 Å². The predicted molar refractivity (Wildman–Crippen MR) is 37.6 cm³/mol. The van der Waals surface area contributed by atoms with Gasteiger partial charge in [0.25, 0.3) is 5.91 Å². The molecule has 0 aliphatic rings. The molecular formula is C6H11LiN2O2. The molecule has 0 fully saturated rings. The number of nitrogens with zero attached hydrogens (tertiary/aromatic N) is 1. The van der Waals surface area contributed by atoms with Gasteiger partial charge in [0.05, 0.1) is 0 Å². The van der Waals surface area contributed by atoms with Crippen LogP contribution in [0.3, 0.4) is 0 Å². The summed E-state index contributed by atoms with van der Waals surface area (Å²) in [5, 5.41) is 5.69. The second kappa shape index (κ2) is 6.26. The van der Waals surface area contributed by atoms with Gasteiger partial charge >= 0.3 is 18.9 Å². The standard InChI is InChI=1S/C6H12N2O2.Li/c1-4(2)8-6(10)5(9)7-3;/h4H,1-3H3,(H2,7,8,9,10);/q;+1/p-1. The van der Waals surface area contributed by atoms with Gasteiger partial charge in [0.2, 0.25) is 0 Å². The van der Waals surface area contributed by atoms with E-state index in [1.54, 1.807) is 13.8 Å². The topological polar surface area (TPSA) is 60.3 Å². The zero-order valence-corrected chi connectivity index (χ0v) is 7.34. The molecule has 0 radical (unpaired) electrons. The molecule has 0 saturated carbocycles. The van der Waals surface area contributed by atoms with Crippen molar-refractivity contribution in [2.45, 2.75) is 19.9 Å². The first-order valence-electron chi connectivity index (χ1n) is 3.04. The summed E-state index contributed by atoms with van der Waals surface area (Å²) in [6, 6.07) is -0.121. The largest absolute Gasteiger partial charge is 1.00 e. The molecule has 0 bridgehead atoms. The van der Waals surface area contributed by atoms with Crippen LogP contribution in [-0.2, 0) is 9.59 Å². The van der Waals surface area contributed by atoms with Crippen molar-refractivity contribution in [3.63, 3.8) is 0 Å². The Morgan fingerprint density at radius 1 is 1.36 bits per heavy atom. The molecule has 2 amide bonds. The van der Waals surface area contributed by atoms with Crippen LogP contribution < -0.4 is 24.2 Å². The van der Waals surface area contributed by atoms with E-state index in [1.807, 2.05) is 0 Å². The van der Waals surface area contributed by atoms with E-state index in [9.17, 15) is 9.59 Å². The fraction of sp³-hybridized carbons (Fsp3) is 0.667. The molecule has 0 aliphatic carbocycles. The first-order chi connectivity index (χ1) is 4.57. The van der Waals surface area contributed by atoms with Crippen LogP contribution in [0.4, 0.5) is 0 Å². The molecule has 0 heterocycles. The van der Waals surface area contributed by atoms with E-state index in [2.05, 4.69) is 10.6 Å². The molecule has 0 saturated heterocycles. The van der Waals surface area contributed by atoms with E-state index < -0.39 is 11.8 Å². The normalized spacial score (nSPS) is 8.36. The van der Waals surface area contributed by atoms with Gasteiger partial charge in [-0.15, -0.1) is 6.04 Å².